The quantitative estimate of drug-likeness (QED) is 0.801. The molecule has 2 rings (SSSR count). The molecular weight excluding hydrogens is 294 g/mol. The summed E-state index contributed by atoms with van der Waals surface area (Å²) in [6, 6.07) is 0. The fraction of sp³-hybridized carbons (Fsp3) is 0.692. The van der Waals surface area contributed by atoms with E-state index in [0.717, 1.165) is 35.7 Å². The monoisotopic (exact) mass is 313 g/mol. The maximum Gasteiger partial charge on any atom is 0.221 e. The Kier molecular flexibility index (Phi) is 4.80. The number of aromatic nitrogens is 2. The molecule has 100 valence electrons. The molecule has 1 aromatic heterocycles. The minimum Gasteiger partial charge on any atom is -0.478 e. The summed E-state index contributed by atoms with van der Waals surface area (Å²) in [5, 5.41) is 1.10. The highest BCUT2D eigenvalue weighted by Gasteiger charge is 2.21. The van der Waals surface area contributed by atoms with Crippen LogP contribution < -0.4 is 9.64 Å². The maximum atomic E-state index is 5.53. The Balaban J connectivity index is 2.11. The van der Waals surface area contributed by atoms with Crippen LogP contribution in [0.25, 0.3) is 0 Å². The second-order valence-electron chi connectivity index (χ2n) is 4.65. The summed E-state index contributed by atoms with van der Waals surface area (Å²) in [4.78, 5) is 11.0. The van der Waals surface area contributed by atoms with Crippen molar-refractivity contribution in [3.05, 3.63) is 11.9 Å². The van der Waals surface area contributed by atoms with E-state index < -0.39 is 0 Å². The van der Waals surface area contributed by atoms with Gasteiger partial charge in [-0.3, -0.25) is 0 Å². The van der Waals surface area contributed by atoms with Gasteiger partial charge in [-0.2, -0.15) is 0 Å². The van der Waals surface area contributed by atoms with Gasteiger partial charge in [0.2, 0.25) is 5.88 Å². The number of nitrogens with zero attached hydrogens (tertiary/aromatic N) is 3. The van der Waals surface area contributed by atoms with Crippen molar-refractivity contribution in [2.45, 2.75) is 26.7 Å². The number of hydrogen-bond donors (Lipinski definition) is 0. The van der Waals surface area contributed by atoms with Crippen molar-refractivity contribution in [1.29, 1.82) is 0 Å². The number of rotatable bonds is 4. The lowest BCUT2D eigenvalue weighted by Crippen LogP contribution is -2.35. The molecule has 1 aliphatic rings. The molecule has 1 aromatic rings. The molecule has 0 unspecified atom stereocenters. The van der Waals surface area contributed by atoms with E-state index in [0.29, 0.717) is 12.5 Å². The maximum absolute atomic E-state index is 5.53. The third-order valence-electron chi connectivity index (χ3n) is 3.42. The molecule has 5 heteroatoms. The highest BCUT2D eigenvalue weighted by molar-refractivity contribution is 9.09. The number of anilines is 1. The fourth-order valence-electron chi connectivity index (χ4n) is 2.33. The summed E-state index contributed by atoms with van der Waals surface area (Å²) in [6.45, 7) is 6.79. The van der Waals surface area contributed by atoms with Crippen molar-refractivity contribution in [3.63, 3.8) is 0 Å². The molecule has 0 atom stereocenters. The van der Waals surface area contributed by atoms with Gasteiger partial charge in [0.1, 0.15) is 12.1 Å². The minimum atomic E-state index is 0.642. The van der Waals surface area contributed by atoms with E-state index in [1.54, 1.807) is 6.33 Å². The molecule has 1 aliphatic heterocycles. The summed E-state index contributed by atoms with van der Waals surface area (Å²) < 4.78 is 5.53. The molecule has 0 aliphatic carbocycles. The number of halogens is 1. The number of piperidine rings is 1. The molecule has 0 saturated carbocycles. The molecule has 0 radical (unpaired) electrons. The van der Waals surface area contributed by atoms with Crippen LogP contribution in [0.2, 0.25) is 0 Å². The van der Waals surface area contributed by atoms with Crippen LogP contribution in [0.4, 0.5) is 5.82 Å². The lowest BCUT2D eigenvalue weighted by Gasteiger charge is -2.32. The summed E-state index contributed by atoms with van der Waals surface area (Å²) in [5.74, 6) is 2.54. The van der Waals surface area contributed by atoms with E-state index in [-0.39, 0.29) is 0 Å². The van der Waals surface area contributed by atoms with E-state index in [1.165, 1.54) is 12.8 Å². The summed E-state index contributed by atoms with van der Waals surface area (Å²) in [6.07, 6.45) is 4.04. The Morgan fingerprint density at radius 1 is 1.39 bits per heavy atom. The Labute approximate surface area is 117 Å². The molecule has 0 N–H and O–H groups in total. The van der Waals surface area contributed by atoms with E-state index in [2.05, 4.69) is 30.8 Å². The molecule has 18 heavy (non-hydrogen) atoms. The van der Waals surface area contributed by atoms with Crippen molar-refractivity contribution in [2.75, 3.05) is 29.9 Å². The lowest BCUT2D eigenvalue weighted by atomic mass is 9.99. The van der Waals surface area contributed by atoms with Crippen molar-refractivity contribution >= 4 is 21.7 Å². The Bertz CT molecular complexity index is 392. The smallest absolute Gasteiger partial charge is 0.221 e. The van der Waals surface area contributed by atoms with Crippen LogP contribution in [-0.2, 0) is 0 Å². The minimum absolute atomic E-state index is 0.642. The first kappa shape index (κ1) is 13.6. The molecular formula is C13H20BrN3O. The Hall–Kier alpha value is -0.840. The predicted molar refractivity (Wildman–Crippen MR) is 76.7 cm³/mol. The predicted octanol–water partition coefficient (Wildman–Crippen LogP) is 2.80. The third-order valence-corrected chi connectivity index (χ3v) is 4.34. The summed E-state index contributed by atoms with van der Waals surface area (Å²) in [5.41, 5.74) is 1.05. The van der Waals surface area contributed by atoms with Gasteiger partial charge in [0, 0.05) is 18.4 Å². The normalized spacial score (nSPS) is 16.9. The Morgan fingerprint density at radius 3 is 2.72 bits per heavy atom. The number of hydrogen-bond acceptors (Lipinski definition) is 4. The highest BCUT2D eigenvalue weighted by atomic mass is 79.9. The first-order valence-corrected chi connectivity index (χ1v) is 7.63. The first-order chi connectivity index (χ1) is 8.76. The zero-order valence-electron chi connectivity index (χ0n) is 11.0. The fourth-order valence-corrected chi connectivity index (χ4v) is 2.97. The highest BCUT2D eigenvalue weighted by Crippen LogP contribution is 2.28. The molecule has 0 spiro atoms. The second kappa shape index (κ2) is 6.36. The van der Waals surface area contributed by atoms with Crippen molar-refractivity contribution in [2.24, 2.45) is 5.92 Å². The molecule has 1 fully saturated rings. The van der Waals surface area contributed by atoms with Gasteiger partial charge >= 0.3 is 0 Å². The van der Waals surface area contributed by atoms with E-state index >= 15 is 0 Å². The topological polar surface area (TPSA) is 38.3 Å². The zero-order chi connectivity index (χ0) is 13.0. The van der Waals surface area contributed by atoms with Gasteiger partial charge in [0.15, 0.2) is 0 Å². The molecule has 1 saturated heterocycles. The SMILES string of the molecule is CCOc1ncnc(N2CCC(CBr)CC2)c1C. The van der Waals surface area contributed by atoms with Gasteiger partial charge in [-0.1, -0.05) is 15.9 Å². The standard InChI is InChI=1S/C13H20BrN3O/c1-3-18-13-10(2)12(15-9-16-13)17-6-4-11(8-14)5-7-17/h9,11H,3-8H2,1-2H3. The van der Waals surface area contributed by atoms with Crippen LogP contribution in [0.1, 0.15) is 25.3 Å². The van der Waals surface area contributed by atoms with Crippen molar-refractivity contribution in [3.8, 4) is 5.88 Å². The van der Waals surface area contributed by atoms with Gasteiger partial charge in [-0.05, 0) is 32.6 Å². The van der Waals surface area contributed by atoms with Crippen molar-refractivity contribution < 1.29 is 4.74 Å². The third kappa shape index (κ3) is 2.94. The summed E-state index contributed by atoms with van der Waals surface area (Å²) in [7, 11) is 0. The van der Waals surface area contributed by atoms with Gasteiger partial charge in [-0.25, -0.2) is 9.97 Å². The average molecular weight is 314 g/mol. The van der Waals surface area contributed by atoms with Crippen LogP contribution >= 0.6 is 15.9 Å². The summed E-state index contributed by atoms with van der Waals surface area (Å²) >= 11 is 3.57. The van der Waals surface area contributed by atoms with Gasteiger partial charge in [0.25, 0.3) is 0 Å². The van der Waals surface area contributed by atoms with E-state index in [1.807, 2.05) is 13.8 Å². The second-order valence-corrected chi connectivity index (χ2v) is 5.29. The molecule has 0 amide bonds. The largest absolute Gasteiger partial charge is 0.478 e. The molecule has 0 aromatic carbocycles. The van der Waals surface area contributed by atoms with Crippen molar-refractivity contribution in [1.82, 2.24) is 9.97 Å². The number of alkyl halides is 1. The van der Waals surface area contributed by atoms with Crippen LogP contribution in [0.5, 0.6) is 5.88 Å². The van der Waals surface area contributed by atoms with Gasteiger partial charge in [0.05, 0.1) is 12.2 Å². The van der Waals surface area contributed by atoms with Crippen LogP contribution in [0, 0.1) is 12.8 Å². The lowest BCUT2D eigenvalue weighted by molar-refractivity contribution is 0.323. The van der Waals surface area contributed by atoms with E-state index in [9.17, 15) is 0 Å². The molecule has 2 heterocycles. The first-order valence-electron chi connectivity index (χ1n) is 6.51. The van der Waals surface area contributed by atoms with Crippen LogP contribution in [0.15, 0.2) is 6.33 Å². The zero-order valence-corrected chi connectivity index (χ0v) is 12.6. The number of ether oxygens (including phenoxy) is 1. The van der Waals surface area contributed by atoms with Gasteiger partial charge in [-0.15, -0.1) is 0 Å². The van der Waals surface area contributed by atoms with Gasteiger partial charge < -0.3 is 9.64 Å². The van der Waals surface area contributed by atoms with Crippen LogP contribution in [0.3, 0.4) is 0 Å². The molecule has 0 bridgehead atoms. The van der Waals surface area contributed by atoms with Crippen LogP contribution in [-0.4, -0.2) is 35.0 Å². The molecule has 4 nitrogen and oxygen atoms in total. The Morgan fingerprint density at radius 2 is 2.11 bits per heavy atom. The van der Waals surface area contributed by atoms with E-state index in [4.69, 9.17) is 4.74 Å². The average Bonchev–Trinajstić information content (AvgIpc) is 2.42.